The van der Waals surface area contributed by atoms with Gasteiger partial charge in [0.1, 0.15) is 0 Å². The Morgan fingerprint density at radius 1 is 0.301 bits per heavy atom. The molecule has 0 saturated carbocycles. The average Bonchev–Trinajstić information content (AvgIpc) is 4.23. The molecule has 0 heterocycles. The zero-order chi connectivity index (χ0) is 53.8. The fourth-order valence-electron chi connectivity index (χ4n) is 11.2. The van der Waals surface area contributed by atoms with E-state index in [1.54, 1.807) is 0 Å². The van der Waals surface area contributed by atoms with E-state index < -0.39 is 5.41 Å². The first-order valence-corrected chi connectivity index (χ1v) is 28.6. The summed E-state index contributed by atoms with van der Waals surface area (Å²) in [7, 11) is 0. The Kier molecular flexibility index (Phi) is 23.1. The molecule has 0 amide bonds. The minimum Gasteiger partial charge on any atom is -0.341 e. The number of rotatable bonds is 6. The molecule has 4 aliphatic rings. The van der Waals surface area contributed by atoms with Gasteiger partial charge in [-0.25, -0.2) is 0 Å². The number of nitrogens with zero attached hydrogens (tertiary/aromatic N) is 2. The SMILES string of the molecule is CC.CC.CC.CC.CC.CC.CC.CC.CCN(c1ccc2c(c1)C1(c3ccccc3-c3ccccc31)c1cc(N(CC)c3cccc4c3-c3ccccc3C4)ccc1-2)c1cccc2c1-c1ccccc1C2. The first-order valence-electron chi connectivity index (χ1n) is 28.6. The van der Waals surface area contributed by atoms with Gasteiger partial charge in [0.2, 0.25) is 0 Å². The van der Waals surface area contributed by atoms with Crippen LogP contribution in [0.3, 0.4) is 0 Å². The predicted molar refractivity (Wildman–Crippen MR) is 328 cm³/mol. The molecule has 0 unspecified atom stereocenters. The lowest BCUT2D eigenvalue weighted by molar-refractivity contribution is 0.792. The van der Waals surface area contributed by atoms with Gasteiger partial charge in [0, 0.05) is 47.0 Å². The molecule has 0 fully saturated rings. The second-order valence-electron chi connectivity index (χ2n) is 16.1. The van der Waals surface area contributed by atoms with E-state index in [2.05, 4.69) is 194 Å². The van der Waals surface area contributed by atoms with Crippen LogP contribution in [0, 0.1) is 0 Å². The molecule has 0 N–H and O–H groups in total. The third kappa shape index (κ3) is 10.3. The maximum Gasteiger partial charge on any atom is 0.0727 e. The summed E-state index contributed by atoms with van der Waals surface area (Å²) >= 11 is 0. The Morgan fingerprint density at radius 3 is 0.959 bits per heavy atom. The van der Waals surface area contributed by atoms with E-state index in [9.17, 15) is 0 Å². The largest absolute Gasteiger partial charge is 0.341 e. The third-order valence-corrected chi connectivity index (χ3v) is 13.5. The summed E-state index contributed by atoms with van der Waals surface area (Å²) in [4.78, 5) is 5.09. The van der Waals surface area contributed by atoms with E-state index in [0.717, 1.165) is 25.9 Å². The predicted octanol–water partition coefficient (Wildman–Crippen LogP) is 21.7. The van der Waals surface area contributed by atoms with Gasteiger partial charge in [-0.3, -0.25) is 0 Å². The summed E-state index contributed by atoms with van der Waals surface area (Å²) in [6.45, 7) is 38.3. The van der Waals surface area contributed by atoms with Crippen molar-refractivity contribution < 1.29 is 0 Å². The van der Waals surface area contributed by atoms with E-state index in [1.165, 1.54) is 112 Å². The van der Waals surface area contributed by atoms with E-state index in [1.807, 2.05) is 111 Å². The first kappa shape index (κ1) is 58.9. The van der Waals surface area contributed by atoms with Crippen molar-refractivity contribution in [2.45, 2.75) is 143 Å². The maximum absolute atomic E-state index is 2.54. The van der Waals surface area contributed by atoms with Crippen molar-refractivity contribution >= 4 is 22.7 Å². The molecule has 0 bridgehead atoms. The van der Waals surface area contributed by atoms with E-state index in [4.69, 9.17) is 0 Å². The summed E-state index contributed by atoms with van der Waals surface area (Å²) in [5, 5.41) is 0. The third-order valence-electron chi connectivity index (χ3n) is 13.5. The first-order chi connectivity index (χ1) is 36.2. The van der Waals surface area contributed by atoms with Crippen LogP contribution in [0.15, 0.2) is 170 Å². The molecular weight excluding hydrogens is 881 g/mol. The second-order valence-corrected chi connectivity index (χ2v) is 16.1. The van der Waals surface area contributed by atoms with E-state index >= 15 is 0 Å². The van der Waals surface area contributed by atoms with Gasteiger partial charge >= 0.3 is 0 Å². The lowest BCUT2D eigenvalue weighted by Gasteiger charge is -2.33. The summed E-state index contributed by atoms with van der Waals surface area (Å²) in [6, 6.07) is 64.7. The Bertz CT molecular complexity index is 2770. The van der Waals surface area contributed by atoms with Gasteiger partial charge in [0.05, 0.1) is 5.41 Å². The average molecular weight is 972 g/mol. The molecule has 1 spiro atoms. The molecule has 0 saturated heterocycles. The highest BCUT2D eigenvalue weighted by molar-refractivity contribution is 5.98. The fourth-order valence-corrected chi connectivity index (χ4v) is 11.2. The van der Waals surface area contributed by atoms with Crippen LogP contribution >= 0.6 is 0 Å². The van der Waals surface area contributed by atoms with Gasteiger partial charge < -0.3 is 9.80 Å². The molecule has 73 heavy (non-hydrogen) atoms. The molecule has 12 rings (SSSR count). The quantitative estimate of drug-likeness (QED) is 0.164. The van der Waals surface area contributed by atoms with E-state index in [-0.39, 0.29) is 0 Å². The minimum atomic E-state index is -0.459. The standard InChI is InChI=1S/C55H42N2.8C2H6/c1-3-56(51-25-13-17-37-31-35-15-5-7-19-41(35)53(37)51)39-27-29-45-46-30-28-40(57(4-2)52-26-14-18-38-32-36-16-6-8-20-42(36)54(38)52)34-50(46)55(49(45)33-39)47-23-11-9-21-43(47)44-22-10-12-24-48(44)55;8*1-2/h5-30,33-34H,3-4,31-32H2,1-2H3;8*1-2H3. The van der Waals surface area contributed by atoms with Crippen LogP contribution in [0.4, 0.5) is 22.7 Å². The number of anilines is 4. The second kappa shape index (κ2) is 28.6. The summed E-state index contributed by atoms with van der Waals surface area (Å²) in [6.07, 6.45) is 1.98. The maximum atomic E-state index is 2.54. The molecule has 8 aromatic rings. The summed E-state index contributed by atoms with van der Waals surface area (Å²) in [5.41, 5.74) is 26.5. The monoisotopic (exact) mass is 971 g/mol. The Hall–Kier alpha value is -6.64. The Morgan fingerprint density at radius 2 is 0.603 bits per heavy atom. The molecule has 0 aromatic heterocycles. The minimum absolute atomic E-state index is 0.459. The Labute approximate surface area is 445 Å². The van der Waals surface area contributed by atoms with Crippen molar-refractivity contribution in [1.82, 2.24) is 0 Å². The van der Waals surface area contributed by atoms with Crippen molar-refractivity contribution in [2.24, 2.45) is 0 Å². The van der Waals surface area contributed by atoms with Gasteiger partial charge in [-0.2, -0.15) is 0 Å². The number of hydrogen-bond donors (Lipinski definition) is 0. The summed E-state index contributed by atoms with van der Waals surface area (Å²) < 4.78 is 0. The highest BCUT2D eigenvalue weighted by atomic mass is 15.1. The van der Waals surface area contributed by atoms with Gasteiger partial charge in [0.15, 0.2) is 0 Å². The van der Waals surface area contributed by atoms with Crippen LogP contribution in [-0.2, 0) is 18.3 Å². The van der Waals surface area contributed by atoms with Crippen molar-refractivity contribution in [2.75, 3.05) is 22.9 Å². The van der Waals surface area contributed by atoms with Gasteiger partial charge in [-0.15, -0.1) is 0 Å². The van der Waals surface area contributed by atoms with Crippen LogP contribution < -0.4 is 9.80 Å². The zero-order valence-corrected chi connectivity index (χ0v) is 48.4. The fraction of sp³-hybridized carbons (Fsp3) is 0.324. The van der Waals surface area contributed by atoms with E-state index in [0.29, 0.717) is 0 Å². The smallest absolute Gasteiger partial charge is 0.0727 e. The van der Waals surface area contributed by atoms with Gasteiger partial charge in [-0.05, 0) is 141 Å². The summed E-state index contributed by atoms with van der Waals surface area (Å²) in [5.74, 6) is 0. The number of hydrogen-bond acceptors (Lipinski definition) is 2. The molecule has 384 valence electrons. The molecule has 0 aliphatic heterocycles. The van der Waals surface area contributed by atoms with Gasteiger partial charge in [-0.1, -0.05) is 244 Å². The topological polar surface area (TPSA) is 6.48 Å². The Balaban J connectivity index is 0.000000663. The lowest BCUT2D eigenvalue weighted by Crippen LogP contribution is -2.27. The molecular formula is C71H90N2. The highest BCUT2D eigenvalue weighted by Gasteiger charge is 2.52. The number of fused-ring (bicyclic) bond motifs is 16. The van der Waals surface area contributed by atoms with Crippen molar-refractivity contribution in [3.05, 3.63) is 214 Å². The number of benzene rings is 8. The molecule has 0 radical (unpaired) electrons. The van der Waals surface area contributed by atoms with Crippen LogP contribution in [0.5, 0.6) is 0 Å². The van der Waals surface area contributed by atoms with Crippen LogP contribution in [0.2, 0.25) is 0 Å². The normalized spacial score (nSPS) is 11.5. The van der Waals surface area contributed by atoms with Crippen LogP contribution in [-0.4, -0.2) is 13.1 Å². The van der Waals surface area contributed by atoms with Crippen LogP contribution in [0.1, 0.15) is 169 Å². The molecule has 8 aromatic carbocycles. The lowest BCUT2D eigenvalue weighted by atomic mass is 9.70. The molecule has 0 atom stereocenters. The van der Waals surface area contributed by atoms with Crippen molar-refractivity contribution in [3.8, 4) is 44.5 Å². The zero-order valence-electron chi connectivity index (χ0n) is 48.4. The van der Waals surface area contributed by atoms with Crippen molar-refractivity contribution in [3.63, 3.8) is 0 Å². The van der Waals surface area contributed by atoms with Gasteiger partial charge in [0.25, 0.3) is 0 Å². The molecule has 2 nitrogen and oxygen atoms in total. The molecule has 4 aliphatic carbocycles. The van der Waals surface area contributed by atoms with Crippen LogP contribution in [0.25, 0.3) is 44.5 Å². The molecule has 2 heteroatoms. The van der Waals surface area contributed by atoms with Crippen molar-refractivity contribution in [1.29, 1.82) is 0 Å². The highest BCUT2D eigenvalue weighted by Crippen LogP contribution is 2.64.